The van der Waals surface area contributed by atoms with Gasteiger partial charge in [-0.3, -0.25) is 4.68 Å². The van der Waals surface area contributed by atoms with E-state index < -0.39 is 6.43 Å². The molecule has 0 saturated heterocycles. The van der Waals surface area contributed by atoms with Crippen LogP contribution in [0.1, 0.15) is 50.8 Å². The van der Waals surface area contributed by atoms with E-state index in [0.29, 0.717) is 12.0 Å². The number of rotatable bonds is 2. The van der Waals surface area contributed by atoms with Gasteiger partial charge in [-0.15, -0.1) is 0 Å². The van der Waals surface area contributed by atoms with E-state index in [2.05, 4.69) is 35.3 Å². The van der Waals surface area contributed by atoms with Crippen LogP contribution in [-0.2, 0) is 7.05 Å². The number of alkyl halides is 2. The molecule has 0 spiro atoms. The molecule has 2 heterocycles. The van der Waals surface area contributed by atoms with Gasteiger partial charge in [0, 0.05) is 38.1 Å². The molecule has 0 amide bonds. The number of likely N-dealkylation sites (N-methyl/N-ethyl adjacent to an activating group) is 1. The zero-order valence-electron chi connectivity index (χ0n) is 14.3. The van der Waals surface area contributed by atoms with Crippen LogP contribution in [0.25, 0.3) is 5.57 Å². The zero-order valence-corrected chi connectivity index (χ0v) is 14.3. The Morgan fingerprint density at radius 1 is 1.22 bits per heavy atom. The Hall–Kier alpha value is -1.91. The third kappa shape index (κ3) is 3.71. The van der Waals surface area contributed by atoms with Gasteiger partial charge in [0.05, 0.1) is 0 Å². The van der Waals surface area contributed by atoms with E-state index in [1.54, 1.807) is 13.2 Å². The minimum atomic E-state index is -2.54. The number of halogens is 2. The van der Waals surface area contributed by atoms with E-state index in [9.17, 15) is 8.78 Å². The van der Waals surface area contributed by atoms with Crippen LogP contribution in [-0.4, -0.2) is 28.3 Å². The Labute approximate surface area is 137 Å². The van der Waals surface area contributed by atoms with Crippen molar-refractivity contribution in [3.63, 3.8) is 0 Å². The molecule has 1 aliphatic heterocycles. The third-order valence-electron chi connectivity index (χ3n) is 4.05. The van der Waals surface area contributed by atoms with Gasteiger partial charge in [-0.1, -0.05) is 26.0 Å². The molecule has 2 aliphatic rings. The van der Waals surface area contributed by atoms with Crippen molar-refractivity contribution in [1.82, 2.24) is 14.7 Å². The lowest BCUT2D eigenvalue weighted by molar-refractivity contribution is 0.145. The van der Waals surface area contributed by atoms with Crippen LogP contribution in [0, 0.1) is 0 Å². The molecular weight excluding hydrogens is 296 g/mol. The number of aromatic nitrogens is 2. The third-order valence-corrected chi connectivity index (χ3v) is 4.05. The molecule has 23 heavy (non-hydrogen) atoms. The summed E-state index contributed by atoms with van der Waals surface area (Å²) in [5, 5.41) is 3.91. The molecule has 1 aliphatic carbocycles. The maximum atomic E-state index is 13.2. The van der Waals surface area contributed by atoms with Gasteiger partial charge in [0.15, 0.2) is 0 Å². The van der Waals surface area contributed by atoms with Gasteiger partial charge < -0.3 is 4.90 Å². The summed E-state index contributed by atoms with van der Waals surface area (Å²) >= 11 is 0. The summed E-state index contributed by atoms with van der Waals surface area (Å²) in [7, 11) is 3.76. The normalized spacial score (nSPS) is 17.5. The predicted octanol–water partition coefficient (Wildman–Crippen LogP) is 4.71. The topological polar surface area (TPSA) is 21.1 Å². The van der Waals surface area contributed by atoms with Crippen LogP contribution in [0.15, 0.2) is 35.7 Å². The van der Waals surface area contributed by atoms with E-state index in [0.717, 1.165) is 25.0 Å². The van der Waals surface area contributed by atoms with Crippen molar-refractivity contribution < 1.29 is 8.78 Å². The quantitative estimate of drug-likeness (QED) is 0.787. The van der Waals surface area contributed by atoms with Crippen LogP contribution in [0.4, 0.5) is 8.78 Å². The van der Waals surface area contributed by atoms with Crippen molar-refractivity contribution in [2.45, 2.75) is 39.5 Å². The molecule has 126 valence electrons. The fourth-order valence-corrected chi connectivity index (χ4v) is 3.05. The fraction of sp³-hybridized carbons (Fsp3) is 0.500. The maximum Gasteiger partial charge on any atom is 0.282 e. The SMILES string of the molecule is CC.CN1CCCC2=C1C=CCC(c1cn(C)nc1C(F)F)=C2. The highest BCUT2D eigenvalue weighted by Gasteiger charge is 2.22. The first kappa shape index (κ1) is 17.4. The standard InChI is InChI=1S/C16H19F2N3.C2H6/c1-20-8-4-6-12-9-11(5-3-7-14(12)20)13-10-21(2)19-15(13)16(17)18;1-2/h3,7,9-10,16H,4-6,8H2,1-2H3;1-2H3. The first-order valence-electron chi connectivity index (χ1n) is 8.19. The predicted molar refractivity (Wildman–Crippen MR) is 90.1 cm³/mol. The smallest absolute Gasteiger partial charge is 0.282 e. The van der Waals surface area contributed by atoms with Crippen LogP contribution in [0.2, 0.25) is 0 Å². The molecule has 0 saturated carbocycles. The maximum absolute atomic E-state index is 13.2. The van der Waals surface area contributed by atoms with E-state index in [4.69, 9.17) is 0 Å². The molecule has 0 bridgehead atoms. The summed E-state index contributed by atoms with van der Waals surface area (Å²) in [4.78, 5) is 2.23. The highest BCUT2D eigenvalue weighted by atomic mass is 19.3. The van der Waals surface area contributed by atoms with Crippen LogP contribution < -0.4 is 0 Å². The largest absolute Gasteiger partial charge is 0.374 e. The molecule has 0 fully saturated rings. The molecule has 3 nitrogen and oxygen atoms in total. The zero-order chi connectivity index (χ0) is 17.0. The summed E-state index contributed by atoms with van der Waals surface area (Å²) in [5.74, 6) is 0. The van der Waals surface area contributed by atoms with Gasteiger partial charge in [-0.2, -0.15) is 5.10 Å². The van der Waals surface area contributed by atoms with E-state index in [1.165, 1.54) is 16.0 Å². The minimum Gasteiger partial charge on any atom is -0.374 e. The van der Waals surface area contributed by atoms with Gasteiger partial charge in [-0.05, 0) is 36.5 Å². The number of nitrogens with zero attached hydrogens (tertiary/aromatic N) is 3. The highest BCUT2D eigenvalue weighted by molar-refractivity contribution is 5.72. The van der Waals surface area contributed by atoms with E-state index in [-0.39, 0.29) is 5.69 Å². The lowest BCUT2D eigenvalue weighted by atomic mass is 9.97. The first-order chi connectivity index (χ1) is 11.1. The Balaban J connectivity index is 0.000000924. The second-order valence-corrected chi connectivity index (χ2v) is 5.61. The number of hydrogen-bond donors (Lipinski definition) is 0. The second-order valence-electron chi connectivity index (χ2n) is 5.61. The molecule has 0 aromatic carbocycles. The lowest BCUT2D eigenvalue weighted by Gasteiger charge is -2.27. The van der Waals surface area contributed by atoms with Crippen LogP contribution in [0.5, 0.6) is 0 Å². The first-order valence-corrected chi connectivity index (χ1v) is 8.19. The molecule has 1 aromatic rings. The molecule has 0 atom stereocenters. The molecule has 3 rings (SSSR count). The summed E-state index contributed by atoms with van der Waals surface area (Å²) in [5.41, 5.74) is 3.81. The Bertz CT molecular complexity index is 639. The molecule has 5 heteroatoms. The molecule has 0 unspecified atom stereocenters. The average Bonchev–Trinajstić information content (AvgIpc) is 2.79. The summed E-state index contributed by atoms with van der Waals surface area (Å²) in [6.45, 7) is 5.04. The number of hydrogen-bond acceptors (Lipinski definition) is 2. The number of aryl methyl sites for hydroxylation is 1. The summed E-state index contributed by atoms with van der Waals surface area (Å²) < 4.78 is 27.8. The molecule has 1 aromatic heterocycles. The monoisotopic (exact) mass is 321 g/mol. The van der Waals surface area contributed by atoms with Crippen molar-refractivity contribution in [1.29, 1.82) is 0 Å². The van der Waals surface area contributed by atoms with Gasteiger partial charge >= 0.3 is 0 Å². The summed E-state index contributed by atoms with van der Waals surface area (Å²) in [6.07, 6.45) is 8.14. The van der Waals surface area contributed by atoms with E-state index >= 15 is 0 Å². The number of allylic oxidation sites excluding steroid dienone is 5. The Kier molecular flexibility index (Phi) is 5.74. The van der Waals surface area contributed by atoms with Gasteiger partial charge in [0.1, 0.15) is 5.69 Å². The van der Waals surface area contributed by atoms with Gasteiger partial charge in [0.2, 0.25) is 0 Å². The van der Waals surface area contributed by atoms with Crippen molar-refractivity contribution in [3.8, 4) is 0 Å². The Morgan fingerprint density at radius 2 is 1.96 bits per heavy atom. The second kappa shape index (κ2) is 7.57. The van der Waals surface area contributed by atoms with Crippen molar-refractivity contribution in [2.75, 3.05) is 13.6 Å². The van der Waals surface area contributed by atoms with Crippen LogP contribution >= 0.6 is 0 Å². The van der Waals surface area contributed by atoms with Crippen LogP contribution in [0.3, 0.4) is 0 Å². The van der Waals surface area contributed by atoms with E-state index in [1.807, 2.05) is 13.8 Å². The lowest BCUT2D eigenvalue weighted by Crippen LogP contribution is -2.23. The van der Waals surface area contributed by atoms with Crippen molar-refractivity contribution >= 4 is 5.57 Å². The minimum absolute atomic E-state index is 0.120. The average molecular weight is 321 g/mol. The van der Waals surface area contributed by atoms with Crippen molar-refractivity contribution in [3.05, 3.63) is 47.0 Å². The van der Waals surface area contributed by atoms with Gasteiger partial charge in [0.25, 0.3) is 6.43 Å². The molecule has 0 N–H and O–H groups in total. The van der Waals surface area contributed by atoms with Gasteiger partial charge in [-0.25, -0.2) is 8.78 Å². The Morgan fingerprint density at radius 3 is 2.65 bits per heavy atom. The fourth-order valence-electron chi connectivity index (χ4n) is 3.05. The summed E-state index contributed by atoms with van der Waals surface area (Å²) in [6, 6.07) is 0. The van der Waals surface area contributed by atoms with Crippen molar-refractivity contribution in [2.24, 2.45) is 7.05 Å². The molecular formula is C18H25F2N3. The highest BCUT2D eigenvalue weighted by Crippen LogP contribution is 2.34. The molecule has 0 radical (unpaired) electrons.